The number of hydrazone groups is 1. The van der Waals surface area contributed by atoms with Crippen LogP contribution in [0.2, 0.25) is 0 Å². The predicted molar refractivity (Wildman–Crippen MR) is 130 cm³/mol. The van der Waals surface area contributed by atoms with Crippen molar-refractivity contribution in [3.63, 3.8) is 0 Å². The lowest BCUT2D eigenvalue weighted by Crippen LogP contribution is -2.32. The van der Waals surface area contributed by atoms with Crippen LogP contribution in [0.15, 0.2) is 52.0 Å². The third-order valence-electron chi connectivity index (χ3n) is 4.32. The number of nitro groups is 1. The Morgan fingerprint density at radius 2 is 1.84 bits per heavy atom. The van der Waals surface area contributed by atoms with Crippen LogP contribution in [-0.4, -0.2) is 36.7 Å². The molecule has 2 rings (SSSR count). The Morgan fingerprint density at radius 3 is 2.44 bits per heavy atom. The molecule has 0 saturated heterocycles. The molecule has 0 aliphatic rings. The number of hydrogen-bond acceptors (Lipinski definition) is 6. The molecule has 0 aliphatic carbocycles. The van der Waals surface area contributed by atoms with Gasteiger partial charge in [-0.2, -0.15) is 5.10 Å². The van der Waals surface area contributed by atoms with E-state index in [-0.39, 0.29) is 12.3 Å². The first-order chi connectivity index (χ1) is 15.2. The number of halogens is 1. The molecule has 8 nitrogen and oxygen atoms in total. The molecule has 0 unspecified atom stereocenters. The lowest BCUT2D eigenvalue weighted by Gasteiger charge is -2.29. The highest BCUT2D eigenvalue weighted by atomic mass is 79.9. The maximum atomic E-state index is 12.1. The summed E-state index contributed by atoms with van der Waals surface area (Å²) in [5.41, 5.74) is 3.78. The van der Waals surface area contributed by atoms with Crippen molar-refractivity contribution in [1.29, 1.82) is 0 Å². The average molecular weight is 505 g/mol. The molecule has 0 saturated carbocycles. The number of carbonyl (C=O) groups excluding carboxylic acids is 1. The summed E-state index contributed by atoms with van der Waals surface area (Å²) < 4.78 is 6.21. The van der Waals surface area contributed by atoms with E-state index in [0.29, 0.717) is 23.1 Å². The smallest absolute Gasteiger partial charge is 0.277 e. The third kappa shape index (κ3) is 7.96. The Labute approximate surface area is 196 Å². The number of nitro benzene ring substituents is 1. The molecule has 9 heteroatoms. The van der Waals surface area contributed by atoms with Crippen LogP contribution in [0.5, 0.6) is 5.75 Å². The minimum atomic E-state index is -0.444. The number of para-hydroxylation sites is 1. The minimum absolute atomic E-state index is 0.0344. The van der Waals surface area contributed by atoms with Crippen LogP contribution in [0.3, 0.4) is 0 Å². The highest BCUT2D eigenvalue weighted by Gasteiger charge is 2.17. The van der Waals surface area contributed by atoms with Crippen LogP contribution in [0.25, 0.3) is 0 Å². The van der Waals surface area contributed by atoms with E-state index in [4.69, 9.17) is 4.74 Å². The number of amides is 1. The van der Waals surface area contributed by atoms with Crippen molar-refractivity contribution in [2.24, 2.45) is 16.9 Å². The SMILES string of the molecule is CC(C)CN(CC(C)C)c1ccc([N+](=O)[O-])cc1/C=N\NC(=O)COc1ccccc1Br. The number of benzene rings is 2. The van der Waals surface area contributed by atoms with E-state index in [1.807, 2.05) is 12.1 Å². The molecule has 172 valence electrons. The largest absolute Gasteiger partial charge is 0.483 e. The van der Waals surface area contributed by atoms with Crippen LogP contribution < -0.4 is 15.1 Å². The molecule has 1 N–H and O–H groups in total. The Kier molecular flexibility index (Phi) is 9.64. The van der Waals surface area contributed by atoms with E-state index in [2.05, 4.69) is 59.1 Å². The third-order valence-corrected chi connectivity index (χ3v) is 4.98. The zero-order valence-corrected chi connectivity index (χ0v) is 20.3. The van der Waals surface area contributed by atoms with Crippen LogP contribution in [-0.2, 0) is 4.79 Å². The maximum absolute atomic E-state index is 12.1. The molecule has 0 aromatic heterocycles. The summed E-state index contributed by atoms with van der Waals surface area (Å²) >= 11 is 3.36. The van der Waals surface area contributed by atoms with Crippen molar-refractivity contribution >= 4 is 39.4 Å². The summed E-state index contributed by atoms with van der Waals surface area (Å²) in [5.74, 6) is 0.918. The number of anilines is 1. The van der Waals surface area contributed by atoms with Crippen molar-refractivity contribution in [2.45, 2.75) is 27.7 Å². The number of nitrogens with zero attached hydrogens (tertiary/aromatic N) is 3. The molecular formula is C23H29BrN4O4. The minimum Gasteiger partial charge on any atom is -0.483 e. The normalized spacial score (nSPS) is 11.2. The Bertz CT molecular complexity index is 953. The second-order valence-corrected chi connectivity index (χ2v) is 9.06. The average Bonchev–Trinajstić information content (AvgIpc) is 2.72. The Morgan fingerprint density at radius 1 is 1.19 bits per heavy atom. The summed E-state index contributed by atoms with van der Waals surface area (Å²) in [6.45, 7) is 9.87. The van der Waals surface area contributed by atoms with Gasteiger partial charge in [-0.05, 0) is 46.0 Å². The molecule has 0 aliphatic heterocycles. The monoisotopic (exact) mass is 504 g/mol. The topological polar surface area (TPSA) is 97.1 Å². The van der Waals surface area contributed by atoms with E-state index >= 15 is 0 Å². The van der Waals surface area contributed by atoms with Gasteiger partial charge in [0.15, 0.2) is 6.61 Å². The predicted octanol–water partition coefficient (Wildman–Crippen LogP) is 5.00. The van der Waals surface area contributed by atoms with Gasteiger partial charge in [-0.15, -0.1) is 0 Å². The molecule has 0 spiro atoms. The van der Waals surface area contributed by atoms with E-state index in [0.717, 1.165) is 23.2 Å². The van der Waals surface area contributed by atoms with Gasteiger partial charge in [-0.25, -0.2) is 5.43 Å². The van der Waals surface area contributed by atoms with Crippen molar-refractivity contribution in [2.75, 3.05) is 24.6 Å². The fourth-order valence-corrected chi connectivity index (χ4v) is 3.51. The zero-order chi connectivity index (χ0) is 23.7. The van der Waals surface area contributed by atoms with Gasteiger partial charge >= 0.3 is 0 Å². The summed E-state index contributed by atoms with van der Waals surface area (Å²) in [7, 11) is 0. The fraction of sp³-hybridized carbons (Fsp3) is 0.391. The van der Waals surface area contributed by atoms with Crippen molar-refractivity contribution in [3.8, 4) is 5.75 Å². The van der Waals surface area contributed by atoms with Crippen LogP contribution >= 0.6 is 15.9 Å². The van der Waals surface area contributed by atoms with Crippen LogP contribution in [0.1, 0.15) is 33.3 Å². The van der Waals surface area contributed by atoms with Gasteiger partial charge in [0.1, 0.15) is 5.75 Å². The first kappa shape index (κ1) is 25.3. The molecule has 0 fully saturated rings. The van der Waals surface area contributed by atoms with Gasteiger partial charge in [0.25, 0.3) is 11.6 Å². The number of non-ortho nitro benzene ring substituents is 1. The molecule has 1 amide bonds. The molecule has 0 heterocycles. The number of rotatable bonds is 11. The van der Waals surface area contributed by atoms with Crippen molar-refractivity contribution in [1.82, 2.24) is 5.43 Å². The quantitative estimate of drug-likeness (QED) is 0.263. The van der Waals surface area contributed by atoms with Gasteiger partial charge in [0.2, 0.25) is 0 Å². The molecule has 2 aromatic rings. The zero-order valence-electron chi connectivity index (χ0n) is 18.7. The first-order valence-electron chi connectivity index (χ1n) is 10.4. The number of nitrogens with one attached hydrogen (secondary N) is 1. The number of hydrogen-bond donors (Lipinski definition) is 1. The standard InChI is InChI=1S/C23H29BrN4O4/c1-16(2)13-27(14-17(3)4)21-10-9-19(28(30)31)11-18(21)12-25-26-23(29)15-32-22-8-6-5-7-20(22)24/h5-12,16-17H,13-15H2,1-4H3,(H,26,29)/b25-12-. The second-order valence-electron chi connectivity index (χ2n) is 8.21. The van der Waals surface area contributed by atoms with E-state index in [1.54, 1.807) is 18.2 Å². The van der Waals surface area contributed by atoms with Gasteiger partial charge in [0.05, 0.1) is 15.6 Å². The van der Waals surface area contributed by atoms with Gasteiger partial charge in [-0.3, -0.25) is 14.9 Å². The van der Waals surface area contributed by atoms with Crippen LogP contribution in [0.4, 0.5) is 11.4 Å². The molecule has 32 heavy (non-hydrogen) atoms. The highest BCUT2D eigenvalue weighted by Crippen LogP contribution is 2.26. The summed E-state index contributed by atoms with van der Waals surface area (Å²) in [6, 6.07) is 11.9. The van der Waals surface area contributed by atoms with Crippen molar-refractivity contribution in [3.05, 3.63) is 62.6 Å². The summed E-state index contributed by atoms with van der Waals surface area (Å²) in [5, 5.41) is 15.3. The molecule has 0 bridgehead atoms. The lowest BCUT2D eigenvalue weighted by molar-refractivity contribution is -0.384. The van der Waals surface area contributed by atoms with Gasteiger partial charge < -0.3 is 9.64 Å². The second kappa shape index (κ2) is 12.2. The number of carbonyl (C=O) groups is 1. The van der Waals surface area contributed by atoms with Crippen molar-refractivity contribution < 1.29 is 14.5 Å². The molecular weight excluding hydrogens is 476 g/mol. The highest BCUT2D eigenvalue weighted by molar-refractivity contribution is 9.10. The van der Waals surface area contributed by atoms with Gasteiger partial charge in [-0.1, -0.05) is 39.8 Å². The Hall–Kier alpha value is -2.94. The van der Waals surface area contributed by atoms with Gasteiger partial charge in [0, 0.05) is 36.5 Å². The first-order valence-corrected chi connectivity index (χ1v) is 11.2. The molecule has 2 aromatic carbocycles. The molecule has 0 radical (unpaired) electrons. The van der Waals surface area contributed by atoms with E-state index in [9.17, 15) is 14.9 Å². The molecule has 0 atom stereocenters. The number of ether oxygens (including phenoxy) is 1. The summed E-state index contributed by atoms with van der Waals surface area (Å²) in [6.07, 6.45) is 1.44. The van der Waals surface area contributed by atoms with Crippen LogP contribution in [0, 0.1) is 22.0 Å². The maximum Gasteiger partial charge on any atom is 0.277 e. The van der Waals surface area contributed by atoms with E-state index in [1.165, 1.54) is 18.3 Å². The van der Waals surface area contributed by atoms with E-state index < -0.39 is 10.8 Å². The lowest BCUT2D eigenvalue weighted by atomic mass is 10.1. The fourth-order valence-electron chi connectivity index (χ4n) is 3.11. The Balaban J connectivity index is 2.17. The summed E-state index contributed by atoms with van der Waals surface area (Å²) in [4.78, 5) is 25.1.